The molecule has 0 aromatic heterocycles. The lowest BCUT2D eigenvalue weighted by atomic mass is 9.84. The third-order valence-corrected chi connectivity index (χ3v) is 6.05. The molecule has 2 heterocycles. The Kier molecular flexibility index (Phi) is 4.46. The number of nitrogens with zero attached hydrogens (tertiary/aromatic N) is 1. The van der Waals surface area contributed by atoms with Gasteiger partial charge in [0.1, 0.15) is 5.60 Å². The Morgan fingerprint density at radius 2 is 2.09 bits per heavy atom. The maximum Gasteiger partial charge on any atom is 0.249 e. The van der Waals surface area contributed by atoms with Crippen LogP contribution in [0.2, 0.25) is 0 Å². The molecule has 23 heavy (non-hydrogen) atoms. The van der Waals surface area contributed by atoms with Crippen LogP contribution >= 0.6 is 0 Å². The zero-order valence-corrected chi connectivity index (χ0v) is 14.1. The molecule has 4 rings (SSSR count). The Morgan fingerprint density at radius 1 is 1.26 bits per heavy atom. The number of rotatable bonds is 4. The molecule has 0 aromatic rings. The fourth-order valence-electron chi connectivity index (χ4n) is 4.66. The Morgan fingerprint density at radius 3 is 2.83 bits per heavy atom. The first-order valence-electron chi connectivity index (χ1n) is 9.48. The number of allylic oxidation sites excluding steroid dienone is 1. The predicted octanol–water partition coefficient (Wildman–Crippen LogP) is 3.06. The second kappa shape index (κ2) is 6.56. The van der Waals surface area contributed by atoms with E-state index in [4.69, 9.17) is 9.47 Å². The van der Waals surface area contributed by atoms with E-state index in [2.05, 4.69) is 6.08 Å². The first-order valence-corrected chi connectivity index (χ1v) is 9.48. The molecule has 2 aliphatic heterocycles. The lowest BCUT2D eigenvalue weighted by Crippen LogP contribution is -2.67. The minimum atomic E-state index is -0.118. The molecule has 0 bridgehead atoms. The van der Waals surface area contributed by atoms with Gasteiger partial charge in [-0.2, -0.15) is 0 Å². The van der Waals surface area contributed by atoms with Crippen LogP contribution in [0, 0.1) is 5.92 Å². The molecule has 0 unspecified atom stereocenters. The van der Waals surface area contributed by atoms with Crippen LogP contribution in [0.3, 0.4) is 0 Å². The van der Waals surface area contributed by atoms with Crippen molar-refractivity contribution in [1.29, 1.82) is 0 Å². The predicted molar refractivity (Wildman–Crippen MR) is 88.1 cm³/mol. The highest BCUT2D eigenvalue weighted by atomic mass is 16.5. The molecule has 0 radical (unpaired) electrons. The van der Waals surface area contributed by atoms with Crippen molar-refractivity contribution in [2.45, 2.75) is 69.5 Å². The fourth-order valence-corrected chi connectivity index (χ4v) is 4.66. The summed E-state index contributed by atoms with van der Waals surface area (Å²) < 4.78 is 12.3. The summed E-state index contributed by atoms with van der Waals surface area (Å²) in [5, 5.41) is 0. The maximum absolute atomic E-state index is 12.4. The second-order valence-electron chi connectivity index (χ2n) is 7.91. The standard InChI is InChI=1S/C19H29NO3/c21-18(16-7-3-4-8-16)20-13-19(14-20)11-17(9-10-23-19)22-12-15-5-1-2-6-15/h7,15,17H,1-6,8-14H2/t17-/m1/s1. The summed E-state index contributed by atoms with van der Waals surface area (Å²) in [5.74, 6) is 1.02. The van der Waals surface area contributed by atoms with Crippen LogP contribution in [0.25, 0.3) is 0 Å². The van der Waals surface area contributed by atoms with E-state index < -0.39 is 0 Å². The van der Waals surface area contributed by atoms with Gasteiger partial charge in [0.05, 0.1) is 19.2 Å². The van der Waals surface area contributed by atoms with Crippen LogP contribution in [0.1, 0.15) is 57.8 Å². The van der Waals surface area contributed by atoms with Gasteiger partial charge in [0.25, 0.3) is 0 Å². The molecule has 0 N–H and O–H groups in total. The van der Waals surface area contributed by atoms with Crippen LogP contribution in [0.5, 0.6) is 0 Å². The van der Waals surface area contributed by atoms with E-state index in [9.17, 15) is 4.79 Å². The lowest BCUT2D eigenvalue weighted by molar-refractivity contribution is -0.200. The topological polar surface area (TPSA) is 38.8 Å². The van der Waals surface area contributed by atoms with E-state index in [1.807, 2.05) is 4.90 Å². The normalized spacial score (nSPS) is 30.5. The summed E-state index contributed by atoms with van der Waals surface area (Å²) in [6.07, 6.45) is 13.0. The average Bonchev–Trinajstić information content (AvgIpc) is 3.23. The van der Waals surface area contributed by atoms with Gasteiger partial charge in [0, 0.05) is 25.2 Å². The number of carbonyl (C=O) groups excluding carboxylic acids is 1. The molecular formula is C19H29NO3. The largest absolute Gasteiger partial charge is 0.378 e. The smallest absolute Gasteiger partial charge is 0.249 e. The van der Waals surface area contributed by atoms with Crippen molar-refractivity contribution in [2.24, 2.45) is 5.92 Å². The molecule has 2 aliphatic carbocycles. The molecular weight excluding hydrogens is 290 g/mol. The molecule has 128 valence electrons. The molecule has 2 saturated heterocycles. The van der Waals surface area contributed by atoms with Crippen LogP contribution in [0.15, 0.2) is 11.6 Å². The number of ether oxygens (including phenoxy) is 2. The van der Waals surface area contributed by atoms with Crippen LogP contribution in [0.4, 0.5) is 0 Å². The van der Waals surface area contributed by atoms with Crippen LogP contribution in [-0.4, -0.2) is 48.8 Å². The van der Waals surface area contributed by atoms with Gasteiger partial charge in [-0.3, -0.25) is 4.79 Å². The highest BCUT2D eigenvalue weighted by molar-refractivity contribution is 5.94. The maximum atomic E-state index is 12.4. The molecule has 4 nitrogen and oxygen atoms in total. The van der Waals surface area contributed by atoms with Gasteiger partial charge in [0.2, 0.25) is 5.91 Å². The van der Waals surface area contributed by atoms with Crippen molar-refractivity contribution in [2.75, 3.05) is 26.3 Å². The van der Waals surface area contributed by atoms with E-state index >= 15 is 0 Å². The zero-order valence-electron chi connectivity index (χ0n) is 14.1. The Bertz CT molecular complexity index is 475. The lowest BCUT2D eigenvalue weighted by Gasteiger charge is -2.53. The van der Waals surface area contributed by atoms with E-state index in [1.165, 1.54) is 25.7 Å². The average molecular weight is 319 g/mol. The van der Waals surface area contributed by atoms with Gasteiger partial charge in [-0.25, -0.2) is 0 Å². The minimum absolute atomic E-state index is 0.118. The Balaban J connectivity index is 1.26. The molecule has 0 aromatic carbocycles. The molecule has 1 saturated carbocycles. The number of hydrogen-bond donors (Lipinski definition) is 0. The molecule has 1 atom stereocenters. The van der Waals surface area contributed by atoms with Crippen LogP contribution in [-0.2, 0) is 14.3 Å². The molecule has 4 aliphatic rings. The number of amides is 1. The van der Waals surface area contributed by atoms with Gasteiger partial charge >= 0.3 is 0 Å². The van der Waals surface area contributed by atoms with Gasteiger partial charge in [0.15, 0.2) is 0 Å². The third-order valence-electron chi connectivity index (χ3n) is 6.05. The second-order valence-corrected chi connectivity index (χ2v) is 7.91. The summed E-state index contributed by atoms with van der Waals surface area (Å²) in [6, 6.07) is 0. The Hall–Kier alpha value is -0.870. The quantitative estimate of drug-likeness (QED) is 0.799. The van der Waals surface area contributed by atoms with Gasteiger partial charge in [-0.1, -0.05) is 18.9 Å². The fraction of sp³-hybridized carbons (Fsp3) is 0.842. The van der Waals surface area contributed by atoms with Crippen LogP contribution < -0.4 is 0 Å². The van der Waals surface area contributed by atoms with Crippen molar-refractivity contribution in [1.82, 2.24) is 4.90 Å². The summed E-state index contributed by atoms with van der Waals surface area (Å²) in [4.78, 5) is 14.4. The molecule has 4 heteroatoms. The Labute approximate surface area is 139 Å². The van der Waals surface area contributed by atoms with Gasteiger partial charge in [-0.05, 0) is 44.4 Å². The highest BCUT2D eigenvalue weighted by Crippen LogP contribution is 2.37. The monoisotopic (exact) mass is 319 g/mol. The molecule has 1 spiro atoms. The van der Waals surface area contributed by atoms with E-state index in [0.717, 1.165) is 69.9 Å². The van der Waals surface area contributed by atoms with Gasteiger partial charge in [-0.15, -0.1) is 0 Å². The minimum Gasteiger partial charge on any atom is -0.378 e. The van der Waals surface area contributed by atoms with Crippen molar-refractivity contribution in [3.63, 3.8) is 0 Å². The van der Waals surface area contributed by atoms with Crippen molar-refractivity contribution < 1.29 is 14.3 Å². The molecule has 1 amide bonds. The zero-order chi connectivity index (χ0) is 15.7. The van der Waals surface area contributed by atoms with E-state index in [0.29, 0.717) is 6.10 Å². The number of hydrogen-bond acceptors (Lipinski definition) is 3. The third kappa shape index (κ3) is 3.34. The van der Waals surface area contributed by atoms with Crippen molar-refractivity contribution >= 4 is 5.91 Å². The summed E-state index contributed by atoms with van der Waals surface area (Å²) in [7, 11) is 0. The SMILES string of the molecule is O=C(C1=CCCC1)N1CC2(C[C@H](OCC3CCCC3)CCO2)C1. The number of carbonyl (C=O) groups is 1. The summed E-state index contributed by atoms with van der Waals surface area (Å²) in [5.41, 5.74) is 0.901. The molecule has 3 fully saturated rings. The number of likely N-dealkylation sites (tertiary alicyclic amines) is 1. The van der Waals surface area contributed by atoms with Crippen molar-refractivity contribution in [3.8, 4) is 0 Å². The van der Waals surface area contributed by atoms with Crippen molar-refractivity contribution in [3.05, 3.63) is 11.6 Å². The highest BCUT2D eigenvalue weighted by Gasteiger charge is 2.50. The van der Waals surface area contributed by atoms with Gasteiger partial charge < -0.3 is 14.4 Å². The first kappa shape index (κ1) is 15.6. The van der Waals surface area contributed by atoms with E-state index in [-0.39, 0.29) is 11.5 Å². The summed E-state index contributed by atoms with van der Waals surface area (Å²) in [6.45, 7) is 3.22. The summed E-state index contributed by atoms with van der Waals surface area (Å²) >= 11 is 0. The van der Waals surface area contributed by atoms with E-state index in [1.54, 1.807) is 0 Å². The first-order chi connectivity index (χ1) is 11.2.